The number of pyridine rings is 2. The smallest absolute Gasteiger partial charge is 0.311 e. The first-order valence-electron chi connectivity index (χ1n) is 15.1. The number of hydrogen-bond donors (Lipinski definition) is 3. The fraction of sp³-hybridized carbons (Fsp3) is 0.438. The second-order valence-corrected chi connectivity index (χ2v) is 12.2. The molecule has 1 unspecified atom stereocenters. The molecule has 4 aromatic heterocycles. The Hall–Kier alpha value is -3.95. The number of hydrazine groups is 1. The summed E-state index contributed by atoms with van der Waals surface area (Å²) in [7, 11) is 2.73. The van der Waals surface area contributed by atoms with Gasteiger partial charge in [-0.15, -0.1) is 9.24 Å². The molecule has 1 aliphatic carbocycles. The molecule has 236 valence electrons. The molecule has 5 N–H and O–H groups in total. The number of rotatable bonds is 11. The fourth-order valence-corrected chi connectivity index (χ4v) is 5.52. The molecular formula is C32H45N8O3P. The molecule has 44 heavy (non-hydrogen) atoms. The van der Waals surface area contributed by atoms with Crippen molar-refractivity contribution in [3.8, 4) is 0 Å². The molecule has 1 fully saturated rings. The van der Waals surface area contributed by atoms with Crippen molar-refractivity contribution in [2.75, 3.05) is 6.61 Å². The average molecular weight is 621 g/mol. The van der Waals surface area contributed by atoms with Gasteiger partial charge in [0.2, 0.25) is 0 Å². The van der Waals surface area contributed by atoms with Crippen LogP contribution in [0.15, 0.2) is 48.9 Å². The molecular weight excluding hydrogens is 575 g/mol. The van der Waals surface area contributed by atoms with Gasteiger partial charge in [0.1, 0.15) is 11.3 Å². The van der Waals surface area contributed by atoms with E-state index in [1.54, 1.807) is 6.33 Å². The van der Waals surface area contributed by atoms with E-state index < -0.39 is 11.3 Å². The maximum Gasteiger partial charge on any atom is 0.311 e. The second kappa shape index (κ2) is 13.8. The van der Waals surface area contributed by atoms with E-state index in [2.05, 4.69) is 31.8 Å². The number of esters is 1. The summed E-state index contributed by atoms with van der Waals surface area (Å²) in [5, 5.41) is 5.20. The van der Waals surface area contributed by atoms with E-state index >= 15 is 0 Å². The number of nitrogens with zero attached hydrogens (tertiary/aromatic N) is 5. The lowest BCUT2D eigenvalue weighted by molar-refractivity contribution is -0.153. The Morgan fingerprint density at radius 1 is 1.25 bits per heavy atom. The Balaban J connectivity index is 0.00000216. The van der Waals surface area contributed by atoms with E-state index in [0.29, 0.717) is 24.6 Å². The lowest BCUT2D eigenvalue weighted by Crippen LogP contribution is -2.32. The van der Waals surface area contributed by atoms with Gasteiger partial charge in [0.25, 0.3) is 5.91 Å². The molecule has 11 nitrogen and oxygen atoms in total. The summed E-state index contributed by atoms with van der Waals surface area (Å²) in [6, 6.07) is 4.17. The Labute approximate surface area is 261 Å². The summed E-state index contributed by atoms with van der Waals surface area (Å²) in [5.74, 6) is 6.09. The largest absolute Gasteiger partial charge is 0.466 e. The summed E-state index contributed by atoms with van der Waals surface area (Å²) in [6.07, 6.45) is 11.9. The van der Waals surface area contributed by atoms with Crippen molar-refractivity contribution < 1.29 is 14.3 Å². The molecule has 1 amide bonds. The molecule has 0 aromatic carbocycles. The molecule has 1 saturated carbocycles. The third-order valence-electron chi connectivity index (χ3n) is 7.57. The number of carbonyl (C=O) groups excluding carboxylic acids is 2. The number of amides is 1. The van der Waals surface area contributed by atoms with Crippen LogP contribution in [0.4, 0.5) is 0 Å². The fourth-order valence-electron chi connectivity index (χ4n) is 5.11. The van der Waals surface area contributed by atoms with Crippen LogP contribution in [-0.2, 0) is 33.8 Å². The number of hydrogen-bond acceptors (Lipinski definition) is 8. The van der Waals surface area contributed by atoms with E-state index in [9.17, 15) is 9.59 Å². The molecule has 0 aliphatic heterocycles. The number of nitrogens with two attached hydrogens (primary N) is 2. The first-order valence-corrected chi connectivity index (χ1v) is 15.7. The van der Waals surface area contributed by atoms with Gasteiger partial charge in [0, 0.05) is 24.8 Å². The maximum atomic E-state index is 12.8. The summed E-state index contributed by atoms with van der Waals surface area (Å²) >= 11 is 0. The minimum Gasteiger partial charge on any atom is -0.466 e. The van der Waals surface area contributed by atoms with Crippen molar-refractivity contribution in [1.29, 1.82) is 0 Å². The van der Waals surface area contributed by atoms with Crippen LogP contribution in [0.2, 0.25) is 0 Å². The first-order chi connectivity index (χ1) is 21.0. The van der Waals surface area contributed by atoms with E-state index in [0.717, 1.165) is 46.1 Å². The van der Waals surface area contributed by atoms with Crippen molar-refractivity contribution in [2.24, 2.45) is 17.0 Å². The minimum atomic E-state index is -0.700. The Kier molecular flexibility index (Phi) is 10.3. The molecule has 0 bridgehead atoms. The average Bonchev–Trinajstić information content (AvgIpc) is 3.63. The van der Waals surface area contributed by atoms with Crippen LogP contribution < -0.4 is 22.2 Å². The molecule has 1 aliphatic rings. The highest BCUT2D eigenvalue weighted by Crippen LogP contribution is 2.41. The molecule has 1 atom stereocenters. The quantitative estimate of drug-likeness (QED) is 0.0758. The predicted octanol–water partition coefficient (Wildman–Crippen LogP) is 3.62. The molecule has 4 heterocycles. The van der Waals surface area contributed by atoms with Crippen LogP contribution in [0, 0.1) is 12.3 Å². The highest BCUT2D eigenvalue weighted by Gasteiger charge is 2.32. The predicted molar refractivity (Wildman–Crippen MR) is 176 cm³/mol. The first kappa shape index (κ1) is 33.0. The van der Waals surface area contributed by atoms with Crippen LogP contribution in [0.3, 0.4) is 0 Å². The van der Waals surface area contributed by atoms with Gasteiger partial charge in [-0.25, -0.2) is 15.8 Å². The molecule has 0 radical (unpaired) electrons. The zero-order valence-corrected chi connectivity index (χ0v) is 27.7. The molecule has 0 saturated heterocycles. The molecule has 5 rings (SSSR count). The van der Waals surface area contributed by atoms with Gasteiger partial charge in [0.15, 0.2) is 0 Å². The van der Waals surface area contributed by atoms with Crippen LogP contribution in [-0.4, -0.2) is 42.3 Å². The van der Waals surface area contributed by atoms with Crippen LogP contribution in [0.1, 0.15) is 81.5 Å². The third kappa shape index (κ3) is 7.39. The standard InChI is InChI=1S/C30H39N8O3P.C2H6/c1-5-41-29(40)30(3,4)11-20-10-21(19-6-7-19)13-37-14-22(35-27(20)37)15-38(32)16-23(31)28(39)33-12-24-25-26(42)18(2)8-9-36(25)17-34-24;1-2/h8-10,13-14,16-17,19H,5-7,11-12,15,31-32,42H2,1-4H3,(H,33,39);1-2H3/b23-16-;. The van der Waals surface area contributed by atoms with Gasteiger partial charge >= 0.3 is 5.97 Å². The zero-order chi connectivity index (χ0) is 32.2. The van der Waals surface area contributed by atoms with Gasteiger partial charge in [-0.1, -0.05) is 19.9 Å². The van der Waals surface area contributed by atoms with E-state index in [-0.39, 0.29) is 24.8 Å². The van der Waals surface area contributed by atoms with Crippen molar-refractivity contribution in [1.82, 2.24) is 29.1 Å². The van der Waals surface area contributed by atoms with Crippen molar-refractivity contribution in [2.45, 2.75) is 79.8 Å². The van der Waals surface area contributed by atoms with Gasteiger partial charge in [-0.3, -0.25) is 9.59 Å². The van der Waals surface area contributed by atoms with Crippen LogP contribution in [0.25, 0.3) is 11.2 Å². The van der Waals surface area contributed by atoms with Crippen LogP contribution in [0.5, 0.6) is 0 Å². The topological polar surface area (TPSA) is 145 Å². The summed E-state index contributed by atoms with van der Waals surface area (Å²) in [4.78, 5) is 34.6. The maximum absolute atomic E-state index is 12.8. The monoisotopic (exact) mass is 620 g/mol. The van der Waals surface area contributed by atoms with E-state index in [1.807, 2.05) is 68.8 Å². The number of ether oxygens (including phenoxy) is 1. The van der Waals surface area contributed by atoms with Gasteiger partial charge in [-0.2, -0.15) is 0 Å². The lowest BCUT2D eigenvalue weighted by atomic mass is 9.85. The lowest BCUT2D eigenvalue weighted by Gasteiger charge is -2.23. The number of imidazole rings is 2. The second-order valence-electron chi connectivity index (χ2n) is 11.6. The summed E-state index contributed by atoms with van der Waals surface area (Å²) < 4.78 is 9.24. The van der Waals surface area contributed by atoms with Crippen LogP contribution >= 0.6 is 9.24 Å². The van der Waals surface area contributed by atoms with Crippen molar-refractivity contribution >= 4 is 37.6 Å². The van der Waals surface area contributed by atoms with Crippen molar-refractivity contribution in [3.05, 3.63) is 77.0 Å². The SMILES string of the molecule is CC.CCOC(=O)C(C)(C)Cc1cc(C2CC2)cn2cc(CN(N)/C=C(\N)C(=O)NCc3ncn4ccc(C)c(P)c34)nc12. The summed E-state index contributed by atoms with van der Waals surface area (Å²) in [5.41, 5.74) is 11.8. The Morgan fingerprint density at radius 3 is 2.66 bits per heavy atom. The zero-order valence-electron chi connectivity index (χ0n) is 26.6. The number of fused-ring (bicyclic) bond motifs is 2. The van der Waals surface area contributed by atoms with Gasteiger partial charge in [0.05, 0.1) is 48.3 Å². The number of aromatic nitrogens is 4. The Morgan fingerprint density at radius 2 is 1.98 bits per heavy atom. The number of aryl methyl sites for hydroxylation is 1. The molecule has 0 spiro atoms. The minimum absolute atomic E-state index is 0.0278. The van der Waals surface area contributed by atoms with E-state index in [1.165, 1.54) is 16.8 Å². The van der Waals surface area contributed by atoms with Gasteiger partial charge < -0.3 is 29.6 Å². The number of carbonyl (C=O) groups is 2. The van der Waals surface area contributed by atoms with E-state index in [4.69, 9.17) is 21.3 Å². The third-order valence-corrected chi connectivity index (χ3v) is 8.30. The van der Waals surface area contributed by atoms with Gasteiger partial charge in [-0.05, 0) is 80.9 Å². The highest BCUT2D eigenvalue weighted by atomic mass is 31.0. The molecule has 4 aromatic rings. The number of nitrogens with one attached hydrogen (secondary N) is 1. The highest BCUT2D eigenvalue weighted by molar-refractivity contribution is 7.28. The summed E-state index contributed by atoms with van der Waals surface area (Å²) in [6.45, 7) is 12.4. The van der Waals surface area contributed by atoms with Crippen molar-refractivity contribution in [3.63, 3.8) is 0 Å². The Bertz CT molecular complexity index is 1690. The molecule has 12 heteroatoms. The normalized spacial score (nSPS) is 13.5.